The Morgan fingerprint density at radius 2 is 1.83 bits per heavy atom. The number of aryl methyl sites for hydroxylation is 1. The number of ether oxygens (including phenoxy) is 2. The number of nitrogens with one attached hydrogen (secondary N) is 2. The number of hydrogen-bond acceptors (Lipinski definition) is 6. The average molecular weight is 433 g/mol. The van der Waals surface area contributed by atoms with Crippen LogP contribution >= 0.6 is 11.6 Å². The third-order valence-corrected chi connectivity index (χ3v) is 5.55. The molecule has 10 heteroatoms. The molecule has 0 radical (unpaired) electrons. The Balaban J connectivity index is 1.54. The van der Waals surface area contributed by atoms with Crippen molar-refractivity contribution in [3.8, 4) is 22.6 Å². The first-order chi connectivity index (χ1) is 13.9. The Morgan fingerprint density at radius 1 is 1.07 bits per heavy atom. The van der Waals surface area contributed by atoms with Crippen molar-refractivity contribution >= 4 is 27.6 Å². The zero-order chi connectivity index (χ0) is 20.4. The Bertz CT molecular complexity index is 1150. The third-order valence-electron chi connectivity index (χ3n) is 4.28. The summed E-state index contributed by atoms with van der Waals surface area (Å²) in [5.41, 5.74) is 2.89. The summed E-state index contributed by atoms with van der Waals surface area (Å²) in [5.74, 6) is 1.30. The van der Waals surface area contributed by atoms with Gasteiger partial charge in [-0.3, -0.25) is 4.72 Å². The van der Waals surface area contributed by atoms with Crippen LogP contribution in [-0.4, -0.2) is 25.2 Å². The summed E-state index contributed by atoms with van der Waals surface area (Å²) in [7, 11) is -3.92. The molecule has 4 rings (SSSR count). The minimum Gasteiger partial charge on any atom is -0.454 e. The highest BCUT2D eigenvalue weighted by Crippen LogP contribution is 2.33. The van der Waals surface area contributed by atoms with Gasteiger partial charge in [-0.1, -0.05) is 47.5 Å². The predicted molar refractivity (Wildman–Crippen MR) is 109 cm³/mol. The monoisotopic (exact) mass is 432 g/mol. The number of rotatable bonds is 6. The number of benzene rings is 2. The molecular formula is C19H17ClN4O4S. The normalized spacial score (nSPS) is 12.8. The highest BCUT2D eigenvalue weighted by atomic mass is 35.5. The maximum absolute atomic E-state index is 12.6. The van der Waals surface area contributed by atoms with Crippen molar-refractivity contribution < 1.29 is 17.9 Å². The van der Waals surface area contributed by atoms with E-state index < -0.39 is 10.2 Å². The van der Waals surface area contributed by atoms with Crippen LogP contribution in [0.25, 0.3) is 11.1 Å². The topological polar surface area (TPSA) is 102 Å². The molecule has 150 valence electrons. The van der Waals surface area contributed by atoms with Gasteiger partial charge in [-0.05, 0) is 30.2 Å². The lowest BCUT2D eigenvalue weighted by Crippen LogP contribution is -2.30. The van der Waals surface area contributed by atoms with E-state index in [-0.39, 0.29) is 24.3 Å². The van der Waals surface area contributed by atoms with Gasteiger partial charge < -0.3 is 9.47 Å². The summed E-state index contributed by atoms with van der Waals surface area (Å²) >= 11 is 6.23. The molecule has 0 unspecified atom stereocenters. The summed E-state index contributed by atoms with van der Waals surface area (Å²) in [6, 6.07) is 12.7. The number of fused-ring (bicyclic) bond motifs is 1. The Hall–Kier alpha value is -2.88. The molecule has 1 aromatic heterocycles. The van der Waals surface area contributed by atoms with Crippen LogP contribution in [0, 0.1) is 6.92 Å². The van der Waals surface area contributed by atoms with E-state index in [4.69, 9.17) is 21.1 Å². The lowest BCUT2D eigenvalue weighted by atomic mass is 10.1. The summed E-state index contributed by atoms with van der Waals surface area (Å²) in [4.78, 5) is 8.03. The van der Waals surface area contributed by atoms with Crippen LogP contribution in [0.2, 0.25) is 5.15 Å². The van der Waals surface area contributed by atoms with Crippen LogP contribution < -0.4 is 18.9 Å². The molecule has 0 fully saturated rings. The SMILES string of the molecule is Cc1ccc(-c2c(Cl)ncnc2NS(=O)(=O)NCc2ccc3c(c2)OCO3)cc1. The predicted octanol–water partition coefficient (Wildman–Crippen LogP) is 3.28. The van der Waals surface area contributed by atoms with Gasteiger partial charge >= 0.3 is 10.2 Å². The Labute approximate surface area is 173 Å². The molecule has 0 amide bonds. The quantitative estimate of drug-likeness (QED) is 0.579. The summed E-state index contributed by atoms with van der Waals surface area (Å²) in [6.07, 6.45) is 1.20. The molecular weight excluding hydrogens is 416 g/mol. The van der Waals surface area contributed by atoms with E-state index in [9.17, 15) is 8.42 Å². The molecule has 2 aromatic carbocycles. The number of aromatic nitrogens is 2. The molecule has 1 aliphatic rings. The van der Waals surface area contributed by atoms with E-state index in [0.717, 1.165) is 11.1 Å². The lowest BCUT2D eigenvalue weighted by molar-refractivity contribution is 0.174. The zero-order valence-corrected chi connectivity index (χ0v) is 16.9. The first-order valence-corrected chi connectivity index (χ1v) is 10.5. The van der Waals surface area contributed by atoms with Gasteiger partial charge in [0.05, 0.1) is 5.56 Å². The Morgan fingerprint density at radius 3 is 2.62 bits per heavy atom. The standard InChI is InChI=1S/C19H17ClN4O4S/c1-12-2-5-14(6-3-12)17-18(20)21-10-22-19(17)24-29(25,26)23-9-13-4-7-15-16(8-13)28-11-27-15/h2-8,10,23H,9,11H2,1H3,(H,21,22,24). The molecule has 0 atom stereocenters. The second-order valence-corrected chi connectivity index (χ2v) is 8.23. The molecule has 0 saturated heterocycles. The van der Waals surface area contributed by atoms with Crippen molar-refractivity contribution in [2.75, 3.05) is 11.5 Å². The van der Waals surface area contributed by atoms with Crippen molar-refractivity contribution in [3.05, 3.63) is 65.1 Å². The lowest BCUT2D eigenvalue weighted by Gasteiger charge is -2.13. The van der Waals surface area contributed by atoms with Crippen molar-refractivity contribution in [2.24, 2.45) is 0 Å². The Kier molecular flexibility index (Phi) is 5.27. The van der Waals surface area contributed by atoms with Crippen LogP contribution in [-0.2, 0) is 16.8 Å². The summed E-state index contributed by atoms with van der Waals surface area (Å²) in [6.45, 7) is 2.17. The van der Waals surface area contributed by atoms with Gasteiger partial charge in [0.15, 0.2) is 17.3 Å². The summed E-state index contributed by atoms with van der Waals surface area (Å²) < 4.78 is 40.6. The van der Waals surface area contributed by atoms with Crippen molar-refractivity contribution in [1.82, 2.24) is 14.7 Å². The van der Waals surface area contributed by atoms with Crippen LogP contribution in [0.4, 0.5) is 5.82 Å². The average Bonchev–Trinajstić information content (AvgIpc) is 3.15. The van der Waals surface area contributed by atoms with Crippen molar-refractivity contribution in [3.63, 3.8) is 0 Å². The first-order valence-electron chi connectivity index (χ1n) is 8.65. The molecule has 0 aliphatic carbocycles. The first kappa shape index (κ1) is 19.4. The van der Waals surface area contributed by atoms with Crippen molar-refractivity contribution in [2.45, 2.75) is 13.5 Å². The van der Waals surface area contributed by atoms with E-state index in [2.05, 4.69) is 19.4 Å². The van der Waals surface area contributed by atoms with Crippen LogP contribution in [0.3, 0.4) is 0 Å². The smallest absolute Gasteiger partial charge is 0.300 e. The van der Waals surface area contributed by atoms with Crippen molar-refractivity contribution in [1.29, 1.82) is 0 Å². The molecule has 1 aliphatic heterocycles. The van der Waals surface area contributed by atoms with Gasteiger partial charge in [-0.2, -0.15) is 13.1 Å². The fourth-order valence-electron chi connectivity index (χ4n) is 2.81. The van der Waals surface area contributed by atoms with Crippen LogP contribution in [0.5, 0.6) is 11.5 Å². The van der Waals surface area contributed by atoms with Gasteiger partial charge in [-0.15, -0.1) is 0 Å². The van der Waals surface area contributed by atoms with Gasteiger partial charge in [-0.25, -0.2) is 9.97 Å². The third kappa shape index (κ3) is 4.42. The van der Waals surface area contributed by atoms with Gasteiger partial charge in [0.25, 0.3) is 0 Å². The molecule has 0 bridgehead atoms. The second-order valence-electron chi connectivity index (χ2n) is 6.37. The maximum atomic E-state index is 12.6. The van der Waals surface area contributed by atoms with Crippen LogP contribution in [0.15, 0.2) is 48.8 Å². The molecule has 0 spiro atoms. The van der Waals surface area contributed by atoms with E-state index >= 15 is 0 Å². The molecule has 3 aromatic rings. The largest absolute Gasteiger partial charge is 0.454 e. The highest BCUT2D eigenvalue weighted by Gasteiger charge is 2.19. The van der Waals surface area contributed by atoms with E-state index in [0.29, 0.717) is 22.6 Å². The minimum atomic E-state index is -3.92. The molecule has 0 saturated carbocycles. The summed E-state index contributed by atoms with van der Waals surface area (Å²) in [5, 5.41) is 0.150. The molecule has 29 heavy (non-hydrogen) atoms. The van der Waals surface area contributed by atoms with Gasteiger partial charge in [0.2, 0.25) is 6.79 Å². The highest BCUT2D eigenvalue weighted by molar-refractivity contribution is 7.90. The number of nitrogens with zero attached hydrogens (tertiary/aromatic N) is 2. The fraction of sp³-hybridized carbons (Fsp3) is 0.158. The minimum absolute atomic E-state index is 0.0602. The van der Waals surface area contributed by atoms with Gasteiger partial charge in [0.1, 0.15) is 11.5 Å². The zero-order valence-electron chi connectivity index (χ0n) is 15.3. The fourth-order valence-corrected chi connectivity index (χ4v) is 3.89. The number of hydrogen-bond donors (Lipinski definition) is 2. The van der Waals surface area contributed by atoms with Crippen LogP contribution in [0.1, 0.15) is 11.1 Å². The number of anilines is 1. The molecule has 2 N–H and O–H groups in total. The number of halogens is 1. The van der Waals surface area contributed by atoms with E-state index in [1.165, 1.54) is 6.33 Å². The molecule has 2 heterocycles. The van der Waals surface area contributed by atoms with E-state index in [1.807, 2.05) is 31.2 Å². The second kappa shape index (κ2) is 7.86. The molecule has 8 nitrogen and oxygen atoms in total. The van der Waals surface area contributed by atoms with Gasteiger partial charge in [0, 0.05) is 6.54 Å². The maximum Gasteiger partial charge on any atom is 0.300 e. The van der Waals surface area contributed by atoms with E-state index in [1.54, 1.807) is 18.2 Å².